The highest BCUT2D eigenvalue weighted by molar-refractivity contribution is 7.92. The maximum Gasteiger partial charge on any atom is 0.261 e. The van der Waals surface area contributed by atoms with Gasteiger partial charge in [-0.2, -0.15) is 0 Å². The number of nitrogens with one attached hydrogen (secondary N) is 2. The van der Waals surface area contributed by atoms with Crippen molar-refractivity contribution in [2.24, 2.45) is 0 Å². The molecule has 2 aromatic carbocycles. The maximum absolute atomic E-state index is 12.3. The van der Waals surface area contributed by atoms with Crippen LogP contribution in [0.4, 0.5) is 5.69 Å². The number of amides is 1. The van der Waals surface area contributed by atoms with Crippen molar-refractivity contribution in [2.75, 3.05) is 4.72 Å². The van der Waals surface area contributed by atoms with E-state index >= 15 is 0 Å². The van der Waals surface area contributed by atoms with Crippen molar-refractivity contribution in [3.8, 4) is 0 Å². The lowest BCUT2D eigenvalue weighted by molar-refractivity contribution is 0.0948. The maximum atomic E-state index is 12.3. The third kappa shape index (κ3) is 4.27. The van der Waals surface area contributed by atoms with Crippen molar-refractivity contribution in [1.82, 2.24) is 5.32 Å². The Morgan fingerprint density at radius 1 is 0.920 bits per heavy atom. The predicted octanol–water partition coefficient (Wildman–Crippen LogP) is 3.01. The molecule has 0 aliphatic rings. The Bertz CT molecular complexity index is 935. The molecule has 0 aliphatic carbocycles. The molecule has 7 heteroatoms. The summed E-state index contributed by atoms with van der Waals surface area (Å²) in [5, 5.41) is 2.72. The van der Waals surface area contributed by atoms with Gasteiger partial charge >= 0.3 is 0 Å². The number of hydrogen-bond donors (Lipinski definition) is 2. The lowest BCUT2D eigenvalue weighted by Gasteiger charge is -2.09. The number of benzene rings is 2. The van der Waals surface area contributed by atoms with E-state index < -0.39 is 10.0 Å². The molecule has 3 aromatic rings. The molecular formula is C18H16N2O4S. The van der Waals surface area contributed by atoms with Crippen LogP contribution in [0.15, 0.2) is 82.3 Å². The molecule has 0 spiro atoms. The average molecular weight is 356 g/mol. The number of rotatable bonds is 6. The zero-order chi connectivity index (χ0) is 17.7. The lowest BCUT2D eigenvalue weighted by Crippen LogP contribution is -2.22. The summed E-state index contributed by atoms with van der Waals surface area (Å²) < 4.78 is 32.1. The molecule has 0 unspecified atom stereocenters. The Morgan fingerprint density at radius 3 is 2.28 bits per heavy atom. The number of furan rings is 1. The molecule has 6 nitrogen and oxygen atoms in total. The molecule has 0 bridgehead atoms. The van der Waals surface area contributed by atoms with Crippen LogP contribution in [0, 0.1) is 0 Å². The summed E-state index contributed by atoms with van der Waals surface area (Å²) in [4.78, 5) is 12.2. The van der Waals surface area contributed by atoms with Crippen LogP contribution < -0.4 is 10.0 Å². The zero-order valence-corrected chi connectivity index (χ0v) is 14.0. The molecule has 1 aromatic heterocycles. The van der Waals surface area contributed by atoms with Crippen molar-refractivity contribution in [1.29, 1.82) is 0 Å². The van der Waals surface area contributed by atoms with Gasteiger partial charge in [0.2, 0.25) is 0 Å². The highest BCUT2D eigenvalue weighted by atomic mass is 32.2. The minimum Gasteiger partial charge on any atom is -0.467 e. The Labute approximate surface area is 145 Å². The topological polar surface area (TPSA) is 88.4 Å². The molecule has 1 heterocycles. The normalized spacial score (nSPS) is 11.0. The van der Waals surface area contributed by atoms with Crippen LogP contribution >= 0.6 is 0 Å². The number of sulfonamides is 1. The van der Waals surface area contributed by atoms with E-state index in [0.29, 0.717) is 17.0 Å². The van der Waals surface area contributed by atoms with E-state index in [9.17, 15) is 13.2 Å². The fourth-order valence-corrected chi connectivity index (χ4v) is 3.27. The molecule has 3 rings (SSSR count). The molecule has 1 amide bonds. The second-order valence-electron chi connectivity index (χ2n) is 5.26. The van der Waals surface area contributed by atoms with Crippen molar-refractivity contribution in [3.63, 3.8) is 0 Å². The SMILES string of the molecule is O=C(NCc1ccco1)c1ccc(NS(=O)(=O)c2ccccc2)cc1. The van der Waals surface area contributed by atoms with Gasteiger partial charge in [0.05, 0.1) is 17.7 Å². The third-order valence-corrected chi connectivity index (χ3v) is 4.85. The Balaban J connectivity index is 1.65. The smallest absolute Gasteiger partial charge is 0.261 e. The van der Waals surface area contributed by atoms with Gasteiger partial charge in [0.25, 0.3) is 15.9 Å². The number of hydrogen-bond acceptors (Lipinski definition) is 4. The summed E-state index contributed by atoms with van der Waals surface area (Å²) in [7, 11) is -3.65. The van der Waals surface area contributed by atoms with Crippen molar-refractivity contribution < 1.29 is 17.6 Å². The number of carbonyl (C=O) groups is 1. The van der Waals surface area contributed by atoms with Crippen LogP contribution in [0.1, 0.15) is 16.1 Å². The van der Waals surface area contributed by atoms with Crippen molar-refractivity contribution >= 4 is 21.6 Å². The summed E-state index contributed by atoms with van der Waals surface area (Å²) in [5.41, 5.74) is 0.806. The molecule has 0 aliphatic heterocycles. The second kappa shape index (κ2) is 7.23. The Kier molecular flexibility index (Phi) is 4.85. The molecule has 0 fully saturated rings. The first-order chi connectivity index (χ1) is 12.0. The van der Waals surface area contributed by atoms with Crippen LogP contribution in [0.2, 0.25) is 0 Å². The first kappa shape index (κ1) is 16.8. The first-order valence-electron chi connectivity index (χ1n) is 7.53. The molecule has 128 valence electrons. The molecule has 0 saturated carbocycles. The molecule has 0 radical (unpaired) electrons. The molecule has 0 atom stereocenters. The summed E-state index contributed by atoms with van der Waals surface area (Å²) in [5.74, 6) is 0.384. The van der Waals surface area contributed by atoms with Crippen LogP contribution in [-0.2, 0) is 16.6 Å². The number of anilines is 1. The van der Waals surface area contributed by atoms with Gasteiger partial charge in [-0.15, -0.1) is 0 Å². The number of carbonyl (C=O) groups excluding carboxylic acids is 1. The monoisotopic (exact) mass is 356 g/mol. The fourth-order valence-electron chi connectivity index (χ4n) is 2.19. The standard InChI is InChI=1S/C18H16N2O4S/c21-18(19-13-16-5-4-12-24-16)14-8-10-15(11-9-14)20-25(22,23)17-6-2-1-3-7-17/h1-12,20H,13H2,(H,19,21). The minimum atomic E-state index is -3.65. The summed E-state index contributed by atoms with van der Waals surface area (Å²) in [6.45, 7) is 0.286. The predicted molar refractivity (Wildman–Crippen MR) is 93.6 cm³/mol. The summed E-state index contributed by atoms with van der Waals surface area (Å²) in [6.07, 6.45) is 1.54. The minimum absolute atomic E-state index is 0.176. The van der Waals surface area contributed by atoms with Gasteiger partial charge in [0, 0.05) is 11.3 Å². The molecule has 25 heavy (non-hydrogen) atoms. The quantitative estimate of drug-likeness (QED) is 0.711. The van der Waals surface area contributed by atoms with E-state index in [2.05, 4.69) is 10.0 Å². The summed E-state index contributed by atoms with van der Waals surface area (Å²) >= 11 is 0. The van der Waals surface area contributed by atoms with Gasteiger partial charge in [-0.05, 0) is 48.5 Å². The fraction of sp³-hybridized carbons (Fsp3) is 0.0556. The van der Waals surface area contributed by atoms with Crippen LogP contribution in [-0.4, -0.2) is 14.3 Å². The molecular weight excluding hydrogens is 340 g/mol. The van der Waals surface area contributed by atoms with Gasteiger partial charge in [0.1, 0.15) is 5.76 Å². The highest BCUT2D eigenvalue weighted by Crippen LogP contribution is 2.16. The lowest BCUT2D eigenvalue weighted by atomic mass is 10.2. The third-order valence-electron chi connectivity index (χ3n) is 3.46. The molecule has 0 saturated heterocycles. The Morgan fingerprint density at radius 2 is 1.64 bits per heavy atom. The first-order valence-corrected chi connectivity index (χ1v) is 9.01. The zero-order valence-electron chi connectivity index (χ0n) is 13.2. The van der Waals surface area contributed by atoms with Gasteiger partial charge in [0.15, 0.2) is 0 Å². The van der Waals surface area contributed by atoms with Gasteiger partial charge < -0.3 is 9.73 Å². The van der Waals surface area contributed by atoms with Crippen molar-refractivity contribution in [2.45, 2.75) is 11.4 Å². The second-order valence-corrected chi connectivity index (χ2v) is 6.94. The van der Waals surface area contributed by atoms with E-state index in [1.54, 1.807) is 54.6 Å². The average Bonchev–Trinajstić information content (AvgIpc) is 3.14. The molecule has 2 N–H and O–H groups in total. The largest absolute Gasteiger partial charge is 0.467 e. The van der Waals surface area contributed by atoms with Crippen LogP contribution in [0.3, 0.4) is 0 Å². The van der Waals surface area contributed by atoms with Gasteiger partial charge in [-0.1, -0.05) is 18.2 Å². The van der Waals surface area contributed by atoms with E-state index in [1.807, 2.05) is 0 Å². The van der Waals surface area contributed by atoms with E-state index in [1.165, 1.54) is 18.4 Å². The van der Waals surface area contributed by atoms with Crippen LogP contribution in [0.5, 0.6) is 0 Å². The van der Waals surface area contributed by atoms with E-state index in [0.717, 1.165) is 0 Å². The van der Waals surface area contributed by atoms with Gasteiger partial charge in [-0.3, -0.25) is 9.52 Å². The van der Waals surface area contributed by atoms with Crippen LogP contribution in [0.25, 0.3) is 0 Å². The van der Waals surface area contributed by atoms with E-state index in [-0.39, 0.29) is 17.3 Å². The highest BCUT2D eigenvalue weighted by Gasteiger charge is 2.14. The Hall–Kier alpha value is -3.06. The van der Waals surface area contributed by atoms with E-state index in [4.69, 9.17) is 4.42 Å². The van der Waals surface area contributed by atoms with Crippen molar-refractivity contribution in [3.05, 3.63) is 84.3 Å². The van der Waals surface area contributed by atoms with Gasteiger partial charge in [-0.25, -0.2) is 8.42 Å². The summed E-state index contributed by atoms with van der Waals surface area (Å²) in [6, 6.07) is 17.8.